The van der Waals surface area contributed by atoms with Gasteiger partial charge in [0, 0.05) is 29.2 Å². The summed E-state index contributed by atoms with van der Waals surface area (Å²) in [6.45, 7) is 1.97. The predicted octanol–water partition coefficient (Wildman–Crippen LogP) is 4.72. The summed E-state index contributed by atoms with van der Waals surface area (Å²) < 4.78 is 26.2. The molecule has 0 unspecified atom stereocenters. The van der Waals surface area contributed by atoms with Crippen molar-refractivity contribution in [3.8, 4) is 11.3 Å². The largest absolute Gasteiger partial charge is 0.334 e. The Balaban J connectivity index is 1.57. The highest BCUT2D eigenvalue weighted by Gasteiger charge is 2.06. The third kappa shape index (κ3) is 4.60. The molecule has 0 fully saturated rings. The highest BCUT2D eigenvalue weighted by atomic mass is 32.1. The van der Waals surface area contributed by atoms with Gasteiger partial charge in [0.05, 0.1) is 10.7 Å². The molecular formula is C18H15F2N3OS. The third-order valence-electron chi connectivity index (χ3n) is 3.43. The van der Waals surface area contributed by atoms with E-state index in [0.29, 0.717) is 11.3 Å². The van der Waals surface area contributed by atoms with E-state index >= 15 is 0 Å². The topological polar surface area (TPSA) is 54.0 Å². The summed E-state index contributed by atoms with van der Waals surface area (Å²) in [5, 5.41) is 8.19. The second-order valence-corrected chi connectivity index (χ2v) is 6.48. The van der Waals surface area contributed by atoms with Gasteiger partial charge in [-0.25, -0.2) is 18.6 Å². The Hall–Kier alpha value is -2.80. The molecule has 0 aliphatic rings. The van der Waals surface area contributed by atoms with Gasteiger partial charge in [-0.1, -0.05) is 12.1 Å². The highest BCUT2D eigenvalue weighted by Crippen LogP contribution is 2.23. The van der Waals surface area contributed by atoms with E-state index in [1.54, 1.807) is 23.5 Å². The van der Waals surface area contributed by atoms with E-state index in [2.05, 4.69) is 15.6 Å². The second kappa shape index (κ2) is 7.40. The molecule has 0 atom stereocenters. The van der Waals surface area contributed by atoms with Crippen molar-refractivity contribution in [1.82, 2.24) is 10.3 Å². The molecule has 3 rings (SSSR count). The van der Waals surface area contributed by atoms with Crippen molar-refractivity contribution in [1.29, 1.82) is 0 Å². The maximum atomic E-state index is 13.1. The Kier molecular flexibility index (Phi) is 5.04. The molecule has 0 bridgehead atoms. The normalized spacial score (nSPS) is 10.5. The van der Waals surface area contributed by atoms with Crippen LogP contribution in [0, 0.1) is 18.6 Å². The molecule has 0 saturated heterocycles. The summed E-state index contributed by atoms with van der Waals surface area (Å²) in [6.07, 6.45) is 0. The fourth-order valence-corrected chi connectivity index (χ4v) is 2.91. The number of hydrogen-bond donors (Lipinski definition) is 2. The van der Waals surface area contributed by atoms with E-state index in [-0.39, 0.29) is 6.54 Å². The van der Waals surface area contributed by atoms with Crippen LogP contribution in [0.15, 0.2) is 47.8 Å². The van der Waals surface area contributed by atoms with Gasteiger partial charge >= 0.3 is 6.03 Å². The number of nitrogens with zero attached hydrogens (tertiary/aromatic N) is 1. The number of nitrogens with one attached hydrogen (secondary N) is 2. The quantitative estimate of drug-likeness (QED) is 0.708. The van der Waals surface area contributed by atoms with Crippen molar-refractivity contribution in [2.75, 3.05) is 5.32 Å². The smallest absolute Gasteiger partial charge is 0.319 e. The molecule has 0 aliphatic heterocycles. The van der Waals surface area contributed by atoms with Crippen LogP contribution in [0.25, 0.3) is 11.3 Å². The third-order valence-corrected chi connectivity index (χ3v) is 4.21. The Morgan fingerprint density at radius 1 is 1.12 bits per heavy atom. The number of aromatic nitrogens is 1. The molecule has 2 aromatic carbocycles. The van der Waals surface area contributed by atoms with Crippen molar-refractivity contribution in [2.24, 2.45) is 0 Å². The first-order chi connectivity index (χ1) is 12.0. The number of carbonyl (C=O) groups excluding carboxylic acids is 1. The van der Waals surface area contributed by atoms with Gasteiger partial charge in [-0.05, 0) is 36.8 Å². The number of hydrogen-bond acceptors (Lipinski definition) is 3. The molecule has 0 radical (unpaired) electrons. The average molecular weight is 359 g/mol. The van der Waals surface area contributed by atoms with Gasteiger partial charge in [-0.15, -0.1) is 11.3 Å². The Bertz CT molecular complexity index is 873. The molecule has 128 valence electrons. The maximum absolute atomic E-state index is 13.1. The number of anilines is 1. The van der Waals surface area contributed by atoms with E-state index < -0.39 is 17.7 Å². The predicted molar refractivity (Wildman–Crippen MR) is 94.5 cm³/mol. The zero-order valence-corrected chi connectivity index (χ0v) is 14.2. The second-order valence-electron chi connectivity index (χ2n) is 5.41. The maximum Gasteiger partial charge on any atom is 0.319 e. The summed E-state index contributed by atoms with van der Waals surface area (Å²) in [5.41, 5.74) is 2.82. The van der Waals surface area contributed by atoms with Gasteiger partial charge in [0.25, 0.3) is 0 Å². The lowest BCUT2D eigenvalue weighted by atomic mass is 10.1. The minimum atomic E-state index is -0.676. The van der Waals surface area contributed by atoms with Crippen LogP contribution < -0.4 is 10.6 Å². The first kappa shape index (κ1) is 17.0. The molecule has 3 aromatic rings. The summed E-state index contributed by atoms with van der Waals surface area (Å²) in [5.74, 6) is -1.35. The summed E-state index contributed by atoms with van der Waals surface area (Å²) in [7, 11) is 0. The van der Waals surface area contributed by atoms with Crippen LogP contribution in [-0.4, -0.2) is 11.0 Å². The number of amides is 2. The molecule has 4 nitrogen and oxygen atoms in total. The SMILES string of the molecule is Cc1nc(-c2ccc(NC(=O)NCc3cc(F)cc(F)c3)cc2)cs1. The molecule has 1 heterocycles. The molecule has 0 saturated carbocycles. The summed E-state index contributed by atoms with van der Waals surface area (Å²) in [4.78, 5) is 16.3. The van der Waals surface area contributed by atoms with Gasteiger partial charge in [0.15, 0.2) is 0 Å². The number of carbonyl (C=O) groups is 1. The van der Waals surface area contributed by atoms with Crippen molar-refractivity contribution in [3.63, 3.8) is 0 Å². The van der Waals surface area contributed by atoms with Gasteiger partial charge in [-0.2, -0.15) is 0 Å². The number of rotatable bonds is 4. The van der Waals surface area contributed by atoms with Crippen LogP contribution in [0.1, 0.15) is 10.6 Å². The lowest BCUT2D eigenvalue weighted by Gasteiger charge is -2.08. The zero-order chi connectivity index (χ0) is 17.8. The van der Waals surface area contributed by atoms with E-state index in [1.807, 2.05) is 24.4 Å². The number of aryl methyl sites for hydroxylation is 1. The minimum Gasteiger partial charge on any atom is -0.334 e. The molecular weight excluding hydrogens is 344 g/mol. The van der Waals surface area contributed by atoms with Gasteiger partial charge < -0.3 is 10.6 Å². The zero-order valence-electron chi connectivity index (χ0n) is 13.3. The standard InChI is InChI=1S/C18H15F2N3OS/c1-11-22-17(10-25-11)13-2-4-16(5-3-13)23-18(24)21-9-12-6-14(19)8-15(20)7-12/h2-8,10H,9H2,1H3,(H2,21,23,24). The average Bonchev–Trinajstić information content (AvgIpc) is 2.99. The van der Waals surface area contributed by atoms with Crippen molar-refractivity contribution >= 4 is 23.1 Å². The van der Waals surface area contributed by atoms with Crippen LogP contribution in [0.4, 0.5) is 19.3 Å². The van der Waals surface area contributed by atoms with E-state index in [1.165, 1.54) is 12.1 Å². The fraction of sp³-hybridized carbons (Fsp3) is 0.111. The van der Waals surface area contributed by atoms with Crippen LogP contribution >= 0.6 is 11.3 Å². The van der Waals surface area contributed by atoms with Gasteiger partial charge in [0.2, 0.25) is 0 Å². The Morgan fingerprint density at radius 3 is 2.40 bits per heavy atom. The fourth-order valence-electron chi connectivity index (χ4n) is 2.29. The van der Waals surface area contributed by atoms with Crippen LogP contribution in [0.2, 0.25) is 0 Å². The van der Waals surface area contributed by atoms with Crippen LogP contribution in [0.5, 0.6) is 0 Å². The van der Waals surface area contributed by atoms with Crippen LogP contribution in [0.3, 0.4) is 0 Å². The monoisotopic (exact) mass is 359 g/mol. The molecule has 7 heteroatoms. The van der Waals surface area contributed by atoms with Gasteiger partial charge in [-0.3, -0.25) is 0 Å². The Labute approximate surface area is 147 Å². The summed E-state index contributed by atoms with van der Waals surface area (Å²) >= 11 is 1.58. The molecule has 1 aromatic heterocycles. The van der Waals surface area contributed by atoms with Gasteiger partial charge in [0.1, 0.15) is 11.6 Å². The van der Waals surface area contributed by atoms with E-state index in [4.69, 9.17) is 0 Å². The first-order valence-corrected chi connectivity index (χ1v) is 8.40. The Morgan fingerprint density at radius 2 is 1.80 bits per heavy atom. The number of halogens is 2. The van der Waals surface area contributed by atoms with E-state index in [9.17, 15) is 13.6 Å². The molecule has 0 spiro atoms. The molecule has 25 heavy (non-hydrogen) atoms. The lowest BCUT2D eigenvalue weighted by Crippen LogP contribution is -2.28. The lowest BCUT2D eigenvalue weighted by molar-refractivity contribution is 0.251. The van der Waals surface area contributed by atoms with Crippen molar-refractivity contribution < 1.29 is 13.6 Å². The summed E-state index contributed by atoms with van der Waals surface area (Å²) in [6, 6.07) is 9.95. The first-order valence-electron chi connectivity index (χ1n) is 7.52. The number of benzene rings is 2. The molecule has 2 amide bonds. The minimum absolute atomic E-state index is 0.0245. The van der Waals surface area contributed by atoms with E-state index in [0.717, 1.165) is 22.3 Å². The number of urea groups is 1. The highest BCUT2D eigenvalue weighted by molar-refractivity contribution is 7.09. The van der Waals surface area contributed by atoms with Crippen molar-refractivity contribution in [3.05, 3.63) is 70.1 Å². The van der Waals surface area contributed by atoms with Crippen LogP contribution in [-0.2, 0) is 6.54 Å². The number of thiazole rings is 1. The van der Waals surface area contributed by atoms with Crippen molar-refractivity contribution in [2.45, 2.75) is 13.5 Å². The molecule has 0 aliphatic carbocycles. The molecule has 2 N–H and O–H groups in total.